The summed E-state index contributed by atoms with van der Waals surface area (Å²) in [5.41, 5.74) is 3.57. The summed E-state index contributed by atoms with van der Waals surface area (Å²) >= 11 is 0. The van der Waals surface area contributed by atoms with Crippen molar-refractivity contribution in [2.75, 3.05) is 0 Å². The Hall–Kier alpha value is -3.85. The SMILES string of the molecule is CCCCCCc1ccc(C#Cc2ccc3c(F)c(CCc4cc(F)c(OC(F)F)c(F)c4)ccc3c2)cc1. The van der Waals surface area contributed by atoms with Crippen LogP contribution in [0.1, 0.15) is 60.4 Å². The first kappa shape index (κ1) is 28.2. The summed E-state index contributed by atoms with van der Waals surface area (Å²) in [4.78, 5) is 0. The van der Waals surface area contributed by atoms with Crippen LogP contribution in [0.15, 0.2) is 66.7 Å². The van der Waals surface area contributed by atoms with Crippen molar-refractivity contribution < 1.29 is 26.7 Å². The molecule has 0 bridgehead atoms. The summed E-state index contributed by atoms with van der Waals surface area (Å²) in [7, 11) is 0. The molecular weight excluding hydrogens is 507 g/mol. The zero-order valence-electron chi connectivity index (χ0n) is 21.7. The standard InChI is InChI=1S/C33H29F5O/c1-2-3-4-5-6-22-7-9-23(10-8-22)11-12-24-14-18-28-27(19-24)17-16-26(31(28)36)15-13-25-20-29(34)32(30(35)21-25)39-33(37)38/h7-10,14,16-21,33H,2-6,13,15H2,1H3. The summed E-state index contributed by atoms with van der Waals surface area (Å²) < 4.78 is 71.7. The highest BCUT2D eigenvalue weighted by Crippen LogP contribution is 2.27. The smallest absolute Gasteiger partial charge is 0.387 e. The number of hydrogen-bond acceptors (Lipinski definition) is 1. The van der Waals surface area contributed by atoms with Crippen molar-refractivity contribution in [1.82, 2.24) is 0 Å². The Bertz CT molecular complexity index is 1460. The molecule has 4 rings (SSSR count). The lowest BCUT2D eigenvalue weighted by atomic mass is 9.99. The molecule has 6 heteroatoms. The molecule has 0 fully saturated rings. The van der Waals surface area contributed by atoms with Gasteiger partial charge in [-0.25, -0.2) is 13.2 Å². The second-order valence-electron chi connectivity index (χ2n) is 9.50. The molecule has 0 N–H and O–H groups in total. The summed E-state index contributed by atoms with van der Waals surface area (Å²) in [5, 5.41) is 1.11. The average Bonchev–Trinajstić information content (AvgIpc) is 2.92. The zero-order valence-corrected chi connectivity index (χ0v) is 21.7. The maximum absolute atomic E-state index is 15.2. The normalized spacial score (nSPS) is 11.1. The molecule has 0 amide bonds. The van der Waals surface area contributed by atoms with E-state index in [-0.39, 0.29) is 18.4 Å². The van der Waals surface area contributed by atoms with Crippen molar-refractivity contribution in [2.24, 2.45) is 0 Å². The van der Waals surface area contributed by atoms with E-state index in [0.717, 1.165) is 29.7 Å². The second-order valence-corrected chi connectivity index (χ2v) is 9.50. The first-order valence-corrected chi connectivity index (χ1v) is 13.1. The molecule has 0 aliphatic carbocycles. The van der Waals surface area contributed by atoms with E-state index in [9.17, 15) is 17.6 Å². The van der Waals surface area contributed by atoms with Gasteiger partial charge in [-0.2, -0.15) is 8.78 Å². The van der Waals surface area contributed by atoms with Crippen LogP contribution in [0, 0.1) is 29.3 Å². The third-order valence-electron chi connectivity index (χ3n) is 6.61. The number of aryl methyl sites for hydroxylation is 3. The van der Waals surface area contributed by atoms with Crippen LogP contribution < -0.4 is 4.74 Å². The first-order chi connectivity index (χ1) is 18.8. The number of unbranched alkanes of at least 4 members (excludes halogenated alkanes) is 3. The minimum absolute atomic E-state index is 0.117. The van der Waals surface area contributed by atoms with Crippen LogP contribution in [0.4, 0.5) is 22.0 Å². The minimum atomic E-state index is -3.34. The number of hydrogen-bond donors (Lipinski definition) is 0. The molecule has 0 saturated carbocycles. The molecule has 0 unspecified atom stereocenters. The Labute approximate surface area is 225 Å². The van der Waals surface area contributed by atoms with Gasteiger partial charge in [0.15, 0.2) is 17.4 Å². The number of benzene rings is 4. The molecule has 39 heavy (non-hydrogen) atoms. The average molecular weight is 537 g/mol. The van der Waals surface area contributed by atoms with Gasteiger partial charge in [-0.05, 0) is 84.2 Å². The van der Waals surface area contributed by atoms with E-state index in [4.69, 9.17) is 0 Å². The molecule has 4 aromatic rings. The van der Waals surface area contributed by atoms with Gasteiger partial charge in [0.05, 0.1) is 0 Å². The number of rotatable bonds is 10. The Kier molecular flexibility index (Phi) is 9.59. The maximum atomic E-state index is 15.2. The largest absolute Gasteiger partial charge is 0.429 e. The molecule has 1 nitrogen and oxygen atoms in total. The van der Waals surface area contributed by atoms with Gasteiger partial charge in [0.25, 0.3) is 0 Å². The summed E-state index contributed by atoms with van der Waals surface area (Å²) in [5.74, 6) is 2.31. The third kappa shape index (κ3) is 7.60. The van der Waals surface area contributed by atoms with E-state index < -0.39 is 29.8 Å². The Balaban J connectivity index is 1.42. The molecule has 4 aromatic carbocycles. The van der Waals surface area contributed by atoms with Crippen molar-refractivity contribution in [3.05, 3.63) is 112 Å². The predicted octanol–water partition coefficient (Wildman–Crippen LogP) is 9.17. The third-order valence-corrected chi connectivity index (χ3v) is 6.61. The highest BCUT2D eigenvalue weighted by molar-refractivity contribution is 5.85. The van der Waals surface area contributed by atoms with E-state index >= 15 is 4.39 Å². The molecule has 0 saturated heterocycles. The lowest BCUT2D eigenvalue weighted by Crippen LogP contribution is -2.06. The molecule has 0 aliphatic rings. The quantitative estimate of drug-likeness (QED) is 0.112. The van der Waals surface area contributed by atoms with Gasteiger partial charge in [0.1, 0.15) is 5.82 Å². The molecule has 0 atom stereocenters. The van der Waals surface area contributed by atoms with Gasteiger partial charge in [-0.3, -0.25) is 0 Å². The van der Waals surface area contributed by atoms with Crippen LogP contribution in [0.3, 0.4) is 0 Å². The fourth-order valence-corrected chi connectivity index (χ4v) is 4.50. The fraction of sp³-hybridized carbons (Fsp3) is 0.273. The van der Waals surface area contributed by atoms with E-state index in [2.05, 4.69) is 35.6 Å². The van der Waals surface area contributed by atoms with Crippen LogP contribution >= 0.6 is 0 Å². The van der Waals surface area contributed by atoms with Crippen molar-refractivity contribution in [3.63, 3.8) is 0 Å². The highest BCUT2D eigenvalue weighted by atomic mass is 19.3. The highest BCUT2D eigenvalue weighted by Gasteiger charge is 2.17. The molecule has 0 spiro atoms. The van der Waals surface area contributed by atoms with Crippen LogP contribution in [0.2, 0.25) is 0 Å². The Morgan fingerprint density at radius 2 is 1.38 bits per heavy atom. The van der Waals surface area contributed by atoms with Gasteiger partial charge >= 0.3 is 6.61 Å². The fourth-order valence-electron chi connectivity index (χ4n) is 4.50. The topological polar surface area (TPSA) is 9.23 Å². The molecule has 202 valence electrons. The monoisotopic (exact) mass is 536 g/mol. The Morgan fingerprint density at radius 1 is 0.692 bits per heavy atom. The van der Waals surface area contributed by atoms with Crippen molar-refractivity contribution in [1.29, 1.82) is 0 Å². The van der Waals surface area contributed by atoms with Crippen LogP contribution in [0.5, 0.6) is 5.75 Å². The maximum Gasteiger partial charge on any atom is 0.387 e. The number of halogens is 5. The zero-order chi connectivity index (χ0) is 27.8. The lowest BCUT2D eigenvalue weighted by Gasteiger charge is -2.10. The van der Waals surface area contributed by atoms with Crippen molar-refractivity contribution >= 4 is 10.8 Å². The first-order valence-electron chi connectivity index (χ1n) is 13.1. The lowest BCUT2D eigenvalue weighted by molar-refractivity contribution is -0.0546. The summed E-state index contributed by atoms with van der Waals surface area (Å²) in [6.45, 7) is -1.14. The molecule has 0 aliphatic heterocycles. The van der Waals surface area contributed by atoms with E-state index in [1.54, 1.807) is 24.3 Å². The Morgan fingerprint density at radius 3 is 2.08 bits per heavy atom. The minimum Gasteiger partial charge on any atom is -0.429 e. The summed E-state index contributed by atoms with van der Waals surface area (Å²) in [6, 6.07) is 18.8. The van der Waals surface area contributed by atoms with Crippen LogP contribution in [0.25, 0.3) is 10.8 Å². The second kappa shape index (κ2) is 13.3. The van der Waals surface area contributed by atoms with Gasteiger partial charge in [-0.15, -0.1) is 0 Å². The molecule has 0 aromatic heterocycles. The summed E-state index contributed by atoms with van der Waals surface area (Å²) in [6.07, 6.45) is 6.29. The molecule has 0 radical (unpaired) electrons. The van der Waals surface area contributed by atoms with Crippen LogP contribution in [-0.4, -0.2) is 6.61 Å². The predicted molar refractivity (Wildman–Crippen MR) is 145 cm³/mol. The van der Waals surface area contributed by atoms with Gasteiger partial charge in [0.2, 0.25) is 0 Å². The van der Waals surface area contributed by atoms with Gasteiger partial charge < -0.3 is 4.74 Å². The number of fused-ring (bicyclic) bond motifs is 1. The van der Waals surface area contributed by atoms with Crippen molar-refractivity contribution in [2.45, 2.75) is 58.5 Å². The van der Waals surface area contributed by atoms with Gasteiger partial charge in [-0.1, -0.05) is 68.4 Å². The van der Waals surface area contributed by atoms with E-state index in [1.807, 2.05) is 18.2 Å². The van der Waals surface area contributed by atoms with E-state index in [0.29, 0.717) is 16.3 Å². The molecular formula is C33H29F5O. The van der Waals surface area contributed by atoms with Crippen molar-refractivity contribution in [3.8, 4) is 17.6 Å². The number of ether oxygens (including phenoxy) is 1. The van der Waals surface area contributed by atoms with Gasteiger partial charge in [0, 0.05) is 16.5 Å². The van der Waals surface area contributed by atoms with E-state index in [1.165, 1.54) is 31.2 Å². The molecule has 0 heterocycles. The number of alkyl halides is 2. The van der Waals surface area contributed by atoms with Crippen LogP contribution in [-0.2, 0) is 19.3 Å².